The summed E-state index contributed by atoms with van der Waals surface area (Å²) in [6, 6.07) is 5.73. The van der Waals surface area contributed by atoms with Gasteiger partial charge in [-0.3, -0.25) is 4.79 Å². The van der Waals surface area contributed by atoms with Gasteiger partial charge in [-0.15, -0.1) is 0 Å². The number of anilines is 1. The molecule has 17 heavy (non-hydrogen) atoms. The maximum Gasteiger partial charge on any atom is 0.225 e. The maximum absolute atomic E-state index is 11.9. The molecule has 1 fully saturated rings. The molecular formula is C12H13Br2NOS. The van der Waals surface area contributed by atoms with Crippen molar-refractivity contribution in [1.82, 2.24) is 0 Å². The van der Waals surface area contributed by atoms with Gasteiger partial charge in [0.25, 0.3) is 0 Å². The molecule has 1 N–H and O–H groups in total. The van der Waals surface area contributed by atoms with Gasteiger partial charge in [-0.1, -0.05) is 6.07 Å². The molecule has 0 unspecified atom stereocenters. The van der Waals surface area contributed by atoms with Gasteiger partial charge in [0.05, 0.1) is 5.69 Å². The highest BCUT2D eigenvalue weighted by Gasteiger charge is 2.42. The zero-order chi connectivity index (χ0) is 12.5. The number of hydrogen-bond donors (Lipinski definition) is 2. The van der Waals surface area contributed by atoms with Crippen LogP contribution < -0.4 is 5.32 Å². The third-order valence-corrected chi connectivity index (χ3v) is 5.05. The molecule has 0 aliphatic heterocycles. The number of amides is 1. The molecule has 0 heterocycles. The Hall–Kier alpha value is -0.000000000000000111. The summed E-state index contributed by atoms with van der Waals surface area (Å²) < 4.78 is 1.77. The predicted molar refractivity (Wildman–Crippen MR) is 80.6 cm³/mol. The molecule has 0 saturated heterocycles. The van der Waals surface area contributed by atoms with Crippen LogP contribution in [0.3, 0.4) is 0 Å². The van der Waals surface area contributed by atoms with E-state index >= 15 is 0 Å². The Balaban J connectivity index is 2.03. The molecule has 5 heteroatoms. The third kappa shape index (κ3) is 3.26. The lowest BCUT2D eigenvalue weighted by Crippen LogP contribution is -2.18. The van der Waals surface area contributed by atoms with Crippen molar-refractivity contribution in [2.45, 2.75) is 19.3 Å². The van der Waals surface area contributed by atoms with Crippen LogP contribution in [0.1, 0.15) is 19.3 Å². The second-order valence-corrected chi connectivity index (χ2v) is 6.50. The molecule has 0 radical (unpaired) electrons. The Bertz CT molecular complexity index is 426. The smallest absolute Gasteiger partial charge is 0.225 e. The van der Waals surface area contributed by atoms with Crippen molar-refractivity contribution >= 4 is 56.1 Å². The number of halogens is 2. The summed E-state index contributed by atoms with van der Waals surface area (Å²) in [7, 11) is 0. The lowest BCUT2D eigenvalue weighted by Gasteiger charge is -2.13. The Kier molecular flexibility index (Phi) is 4.21. The van der Waals surface area contributed by atoms with E-state index in [4.69, 9.17) is 0 Å². The fraction of sp³-hybridized carbons (Fsp3) is 0.417. The average Bonchev–Trinajstić information content (AvgIpc) is 3.04. The van der Waals surface area contributed by atoms with Gasteiger partial charge in [-0.2, -0.15) is 12.6 Å². The quantitative estimate of drug-likeness (QED) is 0.753. The first-order chi connectivity index (χ1) is 8.06. The molecule has 2 rings (SSSR count). The number of carbonyl (C=O) groups is 1. The van der Waals surface area contributed by atoms with E-state index in [1.165, 1.54) is 0 Å². The highest BCUT2D eigenvalue weighted by atomic mass is 79.9. The van der Waals surface area contributed by atoms with Crippen LogP contribution in [0.2, 0.25) is 0 Å². The van der Waals surface area contributed by atoms with E-state index in [-0.39, 0.29) is 11.3 Å². The molecule has 92 valence electrons. The lowest BCUT2D eigenvalue weighted by atomic mass is 10.1. The molecule has 1 saturated carbocycles. The molecule has 0 bridgehead atoms. The lowest BCUT2D eigenvalue weighted by molar-refractivity contribution is -0.117. The van der Waals surface area contributed by atoms with Crippen molar-refractivity contribution in [2.75, 3.05) is 11.1 Å². The van der Waals surface area contributed by atoms with E-state index < -0.39 is 0 Å². The number of carbonyl (C=O) groups excluding carboxylic acids is 1. The summed E-state index contributed by atoms with van der Waals surface area (Å²) in [5.74, 6) is 0.849. The number of nitrogens with one attached hydrogen (secondary N) is 1. The van der Waals surface area contributed by atoms with Crippen LogP contribution in [-0.2, 0) is 4.79 Å². The van der Waals surface area contributed by atoms with Crippen LogP contribution in [-0.4, -0.2) is 11.7 Å². The molecule has 0 spiro atoms. The van der Waals surface area contributed by atoms with Crippen LogP contribution in [0.25, 0.3) is 0 Å². The summed E-state index contributed by atoms with van der Waals surface area (Å²) in [5.41, 5.74) is 0.952. The number of para-hydroxylation sites is 1. The molecule has 0 atom stereocenters. The Labute approximate surface area is 123 Å². The summed E-state index contributed by atoms with van der Waals surface area (Å²) in [5, 5.41) is 2.94. The largest absolute Gasteiger partial charge is 0.324 e. The van der Waals surface area contributed by atoms with Gasteiger partial charge in [0.15, 0.2) is 0 Å². The van der Waals surface area contributed by atoms with Crippen molar-refractivity contribution in [3.63, 3.8) is 0 Å². The van der Waals surface area contributed by atoms with Crippen LogP contribution in [0.4, 0.5) is 5.69 Å². The molecule has 1 aromatic rings. The van der Waals surface area contributed by atoms with Gasteiger partial charge < -0.3 is 5.32 Å². The minimum Gasteiger partial charge on any atom is -0.324 e. The highest BCUT2D eigenvalue weighted by Crippen LogP contribution is 2.49. The van der Waals surface area contributed by atoms with E-state index in [1.54, 1.807) is 0 Å². The van der Waals surface area contributed by atoms with Crippen molar-refractivity contribution in [3.8, 4) is 0 Å². The standard InChI is InChI=1S/C12H13Br2NOS/c13-8-2-1-3-9(14)11(8)15-10(16)6-12(7-17)4-5-12/h1-3,17H,4-7H2,(H,15,16). The van der Waals surface area contributed by atoms with E-state index in [0.717, 1.165) is 33.2 Å². The SMILES string of the molecule is O=C(CC1(CS)CC1)Nc1c(Br)cccc1Br. The van der Waals surface area contributed by atoms with E-state index in [2.05, 4.69) is 49.8 Å². The zero-order valence-corrected chi connectivity index (χ0v) is 13.2. The minimum absolute atomic E-state index is 0.0594. The zero-order valence-electron chi connectivity index (χ0n) is 9.17. The van der Waals surface area contributed by atoms with Crippen LogP contribution in [0.15, 0.2) is 27.1 Å². The number of benzene rings is 1. The third-order valence-electron chi connectivity index (χ3n) is 3.06. The van der Waals surface area contributed by atoms with Crippen LogP contribution in [0, 0.1) is 5.41 Å². The normalized spacial score (nSPS) is 16.6. The average molecular weight is 379 g/mol. The summed E-state index contributed by atoms with van der Waals surface area (Å²) in [4.78, 5) is 11.9. The van der Waals surface area contributed by atoms with Gasteiger partial charge >= 0.3 is 0 Å². The molecule has 1 aromatic carbocycles. The van der Waals surface area contributed by atoms with Gasteiger partial charge in [0.1, 0.15) is 0 Å². The van der Waals surface area contributed by atoms with Crippen LogP contribution >= 0.6 is 44.5 Å². The first kappa shape index (κ1) is 13.4. The molecule has 0 aromatic heterocycles. The molecule has 1 amide bonds. The molecule has 1 aliphatic carbocycles. The maximum atomic E-state index is 11.9. The summed E-state index contributed by atoms with van der Waals surface area (Å²) >= 11 is 11.2. The number of thiol groups is 1. The predicted octanol–water partition coefficient (Wildman–Crippen LogP) is 4.25. The van der Waals surface area contributed by atoms with Crippen molar-refractivity contribution < 1.29 is 4.79 Å². The fourth-order valence-corrected chi connectivity index (χ4v) is 3.33. The molecule has 1 aliphatic rings. The molecular weight excluding hydrogens is 366 g/mol. The van der Waals surface area contributed by atoms with Crippen molar-refractivity contribution in [1.29, 1.82) is 0 Å². The Morgan fingerprint density at radius 2 is 1.94 bits per heavy atom. The first-order valence-electron chi connectivity index (χ1n) is 5.41. The second-order valence-electron chi connectivity index (χ2n) is 4.48. The fourth-order valence-electron chi connectivity index (χ4n) is 1.71. The first-order valence-corrected chi connectivity index (χ1v) is 7.63. The van der Waals surface area contributed by atoms with Crippen LogP contribution in [0.5, 0.6) is 0 Å². The van der Waals surface area contributed by atoms with E-state index in [0.29, 0.717) is 6.42 Å². The monoisotopic (exact) mass is 377 g/mol. The van der Waals surface area contributed by atoms with Gasteiger partial charge in [0.2, 0.25) is 5.91 Å². The second kappa shape index (κ2) is 5.33. The van der Waals surface area contributed by atoms with E-state index in [9.17, 15) is 4.79 Å². The van der Waals surface area contributed by atoms with Gasteiger partial charge in [0, 0.05) is 15.4 Å². The Morgan fingerprint density at radius 3 is 2.41 bits per heavy atom. The molecule has 2 nitrogen and oxygen atoms in total. The van der Waals surface area contributed by atoms with Crippen molar-refractivity contribution in [2.24, 2.45) is 5.41 Å². The number of rotatable bonds is 4. The minimum atomic E-state index is 0.0594. The topological polar surface area (TPSA) is 29.1 Å². The highest BCUT2D eigenvalue weighted by molar-refractivity contribution is 9.11. The van der Waals surface area contributed by atoms with E-state index in [1.807, 2.05) is 18.2 Å². The van der Waals surface area contributed by atoms with Gasteiger partial charge in [-0.05, 0) is 68.0 Å². The number of hydrogen-bond acceptors (Lipinski definition) is 2. The summed E-state index contributed by atoms with van der Waals surface area (Å²) in [6.07, 6.45) is 2.78. The van der Waals surface area contributed by atoms with Crippen molar-refractivity contribution in [3.05, 3.63) is 27.1 Å². The summed E-state index contributed by atoms with van der Waals surface area (Å²) in [6.45, 7) is 0. The Morgan fingerprint density at radius 1 is 1.35 bits per heavy atom. The van der Waals surface area contributed by atoms with Gasteiger partial charge in [-0.25, -0.2) is 0 Å².